The summed E-state index contributed by atoms with van der Waals surface area (Å²) in [6.07, 6.45) is 3.42. The van der Waals surface area contributed by atoms with Crippen LogP contribution in [-0.4, -0.2) is 5.54 Å². The average molecular weight is 567 g/mol. The van der Waals surface area contributed by atoms with Crippen molar-refractivity contribution in [2.75, 3.05) is 4.90 Å². The van der Waals surface area contributed by atoms with Gasteiger partial charge in [-0.25, -0.2) is 0 Å². The maximum Gasteiger partial charge on any atom is 0.0994 e. The van der Waals surface area contributed by atoms with Crippen LogP contribution in [-0.2, 0) is 0 Å². The zero-order chi connectivity index (χ0) is 30.5. The van der Waals surface area contributed by atoms with Gasteiger partial charge in [-0.05, 0) is 100 Å². The van der Waals surface area contributed by atoms with Crippen LogP contribution in [0.15, 0.2) is 97.1 Å². The van der Waals surface area contributed by atoms with Gasteiger partial charge in [0.05, 0.1) is 6.04 Å². The minimum absolute atomic E-state index is 0.000489. The van der Waals surface area contributed by atoms with Crippen LogP contribution in [0.5, 0.6) is 0 Å². The average Bonchev–Trinajstić information content (AvgIpc) is 3.26. The first-order chi connectivity index (χ1) is 20.6. The minimum atomic E-state index is 0.000489. The molecule has 0 aliphatic carbocycles. The Labute approximate surface area is 260 Å². The highest BCUT2D eigenvalue weighted by Gasteiger charge is 2.56. The first-order valence-electron chi connectivity index (χ1n) is 16.4. The normalized spacial score (nSPS) is 16.7. The predicted octanol–water partition coefficient (Wildman–Crippen LogP) is 12.3. The van der Waals surface area contributed by atoms with Gasteiger partial charge in [0, 0.05) is 16.6 Å². The maximum atomic E-state index is 2.78. The molecule has 0 amide bonds. The number of nitrogens with zero attached hydrogens (tertiary/aromatic N) is 1. The molecule has 43 heavy (non-hydrogen) atoms. The van der Waals surface area contributed by atoms with Crippen molar-refractivity contribution in [1.82, 2.24) is 0 Å². The summed E-state index contributed by atoms with van der Waals surface area (Å²) >= 11 is 0. The van der Waals surface area contributed by atoms with E-state index in [1.165, 1.54) is 61.1 Å². The van der Waals surface area contributed by atoms with Crippen molar-refractivity contribution in [3.63, 3.8) is 0 Å². The van der Waals surface area contributed by atoms with E-state index < -0.39 is 0 Å². The van der Waals surface area contributed by atoms with Crippen LogP contribution in [0.3, 0.4) is 0 Å². The van der Waals surface area contributed by atoms with Gasteiger partial charge in [-0.15, -0.1) is 0 Å². The quantitative estimate of drug-likeness (QED) is 0.177. The van der Waals surface area contributed by atoms with Crippen LogP contribution in [0.2, 0.25) is 0 Å². The molecular formula is C42H48N. The van der Waals surface area contributed by atoms with Crippen molar-refractivity contribution in [2.45, 2.75) is 92.0 Å². The van der Waals surface area contributed by atoms with Crippen molar-refractivity contribution >= 4 is 27.2 Å². The van der Waals surface area contributed by atoms with E-state index in [2.05, 4.69) is 157 Å². The van der Waals surface area contributed by atoms with E-state index in [0.717, 1.165) is 19.3 Å². The molecule has 1 heterocycles. The number of hydrogen-bond acceptors (Lipinski definition) is 1. The van der Waals surface area contributed by atoms with Gasteiger partial charge >= 0.3 is 0 Å². The highest BCUT2D eigenvalue weighted by Crippen LogP contribution is 2.60. The molecule has 1 aliphatic heterocycles. The largest absolute Gasteiger partial charge is 0.353 e. The van der Waals surface area contributed by atoms with Gasteiger partial charge in [0.2, 0.25) is 0 Å². The SMILES string of the molecule is CCC1(CC)CC(C)(C)N(c2c(C(C)C)cccc2C(C)C)[C]1c1ccc(-c2c3ccccc3cc3ccccc23)cc1. The van der Waals surface area contributed by atoms with Crippen molar-refractivity contribution in [2.24, 2.45) is 5.41 Å². The van der Waals surface area contributed by atoms with Crippen molar-refractivity contribution in [3.05, 3.63) is 120 Å². The van der Waals surface area contributed by atoms with Gasteiger partial charge in [0.25, 0.3) is 0 Å². The van der Waals surface area contributed by atoms with E-state index in [0.29, 0.717) is 11.8 Å². The Balaban J connectivity index is 1.56. The zero-order valence-electron chi connectivity index (χ0n) is 27.5. The lowest BCUT2D eigenvalue weighted by Crippen LogP contribution is -2.42. The van der Waals surface area contributed by atoms with Gasteiger partial charge < -0.3 is 4.90 Å². The second-order valence-electron chi connectivity index (χ2n) is 14.0. The molecule has 0 spiro atoms. The molecule has 221 valence electrons. The summed E-state index contributed by atoms with van der Waals surface area (Å²) in [5.74, 6) is 0.900. The monoisotopic (exact) mass is 566 g/mol. The maximum absolute atomic E-state index is 2.78. The Morgan fingerprint density at radius 2 is 1.12 bits per heavy atom. The highest BCUT2D eigenvalue weighted by molar-refractivity contribution is 6.12. The molecular weight excluding hydrogens is 518 g/mol. The van der Waals surface area contributed by atoms with E-state index in [4.69, 9.17) is 0 Å². The third-order valence-electron chi connectivity index (χ3n) is 10.2. The summed E-state index contributed by atoms with van der Waals surface area (Å²) < 4.78 is 0. The van der Waals surface area contributed by atoms with Crippen molar-refractivity contribution in [3.8, 4) is 11.1 Å². The highest BCUT2D eigenvalue weighted by atomic mass is 15.3. The molecule has 5 aromatic rings. The molecule has 0 aromatic heterocycles. The molecule has 0 atom stereocenters. The predicted molar refractivity (Wildman–Crippen MR) is 188 cm³/mol. The lowest BCUT2D eigenvalue weighted by molar-refractivity contribution is 0.284. The van der Waals surface area contributed by atoms with Crippen LogP contribution in [0.25, 0.3) is 32.7 Å². The second-order valence-corrected chi connectivity index (χ2v) is 14.0. The molecule has 0 bridgehead atoms. The number of fused-ring (bicyclic) bond motifs is 2. The van der Waals surface area contributed by atoms with Crippen molar-refractivity contribution < 1.29 is 0 Å². The van der Waals surface area contributed by atoms with Gasteiger partial charge in [0.15, 0.2) is 0 Å². The first-order valence-corrected chi connectivity index (χ1v) is 16.4. The van der Waals surface area contributed by atoms with E-state index in [1.807, 2.05) is 0 Å². The smallest absolute Gasteiger partial charge is 0.0994 e. The Kier molecular flexibility index (Phi) is 7.66. The lowest BCUT2D eigenvalue weighted by Gasteiger charge is -2.43. The van der Waals surface area contributed by atoms with E-state index in [9.17, 15) is 0 Å². The summed E-state index contributed by atoms with van der Waals surface area (Å²) in [6.45, 7) is 19.1. The summed E-state index contributed by atoms with van der Waals surface area (Å²) in [4.78, 5) is 2.78. The molecule has 1 aliphatic rings. The fourth-order valence-electron chi connectivity index (χ4n) is 8.10. The molecule has 0 N–H and O–H groups in total. The van der Waals surface area contributed by atoms with Gasteiger partial charge in [-0.2, -0.15) is 0 Å². The third kappa shape index (κ3) is 4.86. The standard InChI is InChI=1S/C42H48N/c1-9-42(10-2)27-41(7,8)43(39-34(28(3)4)20-15-21-35(39)29(5)6)40(42)31-24-22-30(23-25-31)38-36-18-13-11-16-32(36)26-33-17-12-14-19-37(33)38/h11-26,28-29H,9-10,27H2,1-8H3. The molecule has 1 radical (unpaired) electrons. The number of anilines is 1. The number of rotatable bonds is 7. The van der Waals surface area contributed by atoms with Crippen LogP contribution in [0.1, 0.15) is 103 Å². The molecule has 0 unspecified atom stereocenters. The Hall–Kier alpha value is -3.58. The summed E-state index contributed by atoms with van der Waals surface area (Å²) in [7, 11) is 0. The van der Waals surface area contributed by atoms with Crippen LogP contribution < -0.4 is 4.90 Å². The summed E-state index contributed by atoms with van der Waals surface area (Å²) in [5, 5.41) is 5.21. The second kappa shape index (κ2) is 11.2. The third-order valence-corrected chi connectivity index (χ3v) is 10.2. The fraction of sp³-hybridized carbons (Fsp3) is 0.357. The molecule has 6 rings (SSSR count). The Bertz CT molecular complexity index is 1670. The molecule has 1 fully saturated rings. The van der Waals surface area contributed by atoms with Gasteiger partial charge in [-0.1, -0.05) is 133 Å². The fourth-order valence-corrected chi connectivity index (χ4v) is 8.10. The van der Waals surface area contributed by atoms with Crippen LogP contribution in [0, 0.1) is 11.5 Å². The first kappa shape index (κ1) is 29.5. The zero-order valence-corrected chi connectivity index (χ0v) is 27.5. The van der Waals surface area contributed by atoms with Gasteiger partial charge in [0.1, 0.15) is 0 Å². The van der Waals surface area contributed by atoms with Crippen LogP contribution >= 0.6 is 0 Å². The number of para-hydroxylation sites is 1. The Morgan fingerprint density at radius 3 is 1.60 bits per heavy atom. The molecule has 1 heteroatoms. The van der Waals surface area contributed by atoms with Crippen LogP contribution in [0.4, 0.5) is 5.69 Å². The summed E-state index contributed by atoms with van der Waals surface area (Å²) in [6, 6.07) is 38.1. The van der Waals surface area contributed by atoms with Gasteiger partial charge in [-0.3, -0.25) is 0 Å². The van der Waals surface area contributed by atoms with Crippen molar-refractivity contribution in [1.29, 1.82) is 0 Å². The Morgan fingerprint density at radius 1 is 0.628 bits per heavy atom. The topological polar surface area (TPSA) is 3.24 Å². The molecule has 0 saturated carbocycles. The number of hydrogen-bond donors (Lipinski definition) is 0. The number of benzene rings is 5. The minimum Gasteiger partial charge on any atom is -0.353 e. The lowest BCUT2D eigenvalue weighted by atomic mass is 9.71. The summed E-state index contributed by atoms with van der Waals surface area (Å²) in [5.41, 5.74) is 8.45. The van der Waals surface area contributed by atoms with E-state index >= 15 is 0 Å². The molecule has 1 nitrogen and oxygen atoms in total. The van der Waals surface area contributed by atoms with E-state index in [1.54, 1.807) is 0 Å². The molecule has 5 aromatic carbocycles. The van der Waals surface area contributed by atoms with E-state index in [-0.39, 0.29) is 11.0 Å². The molecule has 1 saturated heterocycles.